The zero-order chi connectivity index (χ0) is 19.4. The van der Waals surface area contributed by atoms with Gasteiger partial charge in [0.2, 0.25) is 0 Å². The number of rotatable bonds is 5. The van der Waals surface area contributed by atoms with Gasteiger partial charge in [-0.2, -0.15) is 5.26 Å². The number of aromatic nitrogens is 2. The van der Waals surface area contributed by atoms with Crippen molar-refractivity contribution in [3.63, 3.8) is 0 Å². The number of aromatic amines is 1. The zero-order valence-corrected chi connectivity index (χ0v) is 14.9. The predicted octanol–water partition coefficient (Wildman–Crippen LogP) is 3.89. The molecule has 0 spiro atoms. The molecular formula is C19H13F2N3O2S. The second-order valence-electron chi connectivity index (χ2n) is 5.41. The van der Waals surface area contributed by atoms with Crippen molar-refractivity contribution in [3.05, 3.63) is 75.6 Å². The highest BCUT2D eigenvalue weighted by Gasteiger charge is 2.17. The first-order chi connectivity index (χ1) is 13.0. The van der Waals surface area contributed by atoms with Crippen LogP contribution in [-0.4, -0.2) is 16.2 Å². The van der Waals surface area contributed by atoms with Crippen molar-refractivity contribution in [2.24, 2.45) is 0 Å². The summed E-state index contributed by atoms with van der Waals surface area (Å²) in [6.45, 7) is -0.165. The number of nitrogens with zero attached hydrogens (tertiary/aromatic N) is 2. The van der Waals surface area contributed by atoms with E-state index in [1.54, 1.807) is 30.5 Å². The first kappa shape index (κ1) is 18.6. The molecule has 0 aliphatic rings. The van der Waals surface area contributed by atoms with Crippen LogP contribution in [0.5, 0.6) is 5.75 Å². The van der Waals surface area contributed by atoms with E-state index < -0.39 is 22.9 Å². The minimum Gasteiger partial charge on any atom is -0.483 e. The maximum absolute atomic E-state index is 13.8. The van der Waals surface area contributed by atoms with Crippen LogP contribution in [0.4, 0.5) is 8.78 Å². The minimum atomic E-state index is -0.816. The molecule has 0 saturated heterocycles. The van der Waals surface area contributed by atoms with Gasteiger partial charge in [0.05, 0.1) is 5.69 Å². The van der Waals surface area contributed by atoms with Crippen LogP contribution < -0.4 is 10.3 Å². The van der Waals surface area contributed by atoms with E-state index in [-0.39, 0.29) is 17.9 Å². The number of para-hydroxylation sites is 1. The molecule has 0 fully saturated rings. The largest absolute Gasteiger partial charge is 0.483 e. The second kappa shape index (κ2) is 8.01. The number of ether oxygens (including phenoxy) is 1. The van der Waals surface area contributed by atoms with Crippen LogP contribution in [0, 0.1) is 23.0 Å². The van der Waals surface area contributed by atoms with Gasteiger partial charge in [-0.15, -0.1) is 0 Å². The molecule has 27 heavy (non-hydrogen) atoms. The fourth-order valence-corrected chi connectivity index (χ4v) is 2.87. The Bertz CT molecular complexity index is 1070. The second-order valence-corrected chi connectivity index (χ2v) is 6.20. The fourth-order valence-electron chi connectivity index (χ4n) is 2.50. The van der Waals surface area contributed by atoms with Crippen molar-refractivity contribution in [3.8, 4) is 23.1 Å². The molecule has 2 aromatic carbocycles. The quantitative estimate of drug-likeness (QED) is 0.533. The highest BCUT2D eigenvalue weighted by atomic mass is 32.2. The van der Waals surface area contributed by atoms with E-state index in [1.807, 2.05) is 6.07 Å². The molecular weight excluding hydrogens is 372 g/mol. The number of halogens is 2. The molecule has 0 bridgehead atoms. The van der Waals surface area contributed by atoms with Gasteiger partial charge in [0, 0.05) is 5.56 Å². The van der Waals surface area contributed by atoms with Gasteiger partial charge in [0.25, 0.3) is 5.56 Å². The average Bonchev–Trinajstić information content (AvgIpc) is 2.67. The van der Waals surface area contributed by atoms with Crippen molar-refractivity contribution >= 4 is 11.8 Å². The summed E-state index contributed by atoms with van der Waals surface area (Å²) in [5, 5.41) is 9.70. The van der Waals surface area contributed by atoms with Gasteiger partial charge < -0.3 is 9.72 Å². The molecule has 5 nitrogen and oxygen atoms in total. The topological polar surface area (TPSA) is 78.8 Å². The van der Waals surface area contributed by atoms with Gasteiger partial charge in [-0.3, -0.25) is 4.79 Å². The van der Waals surface area contributed by atoms with Crippen molar-refractivity contribution in [1.82, 2.24) is 9.97 Å². The Morgan fingerprint density at radius 2 is 1.89 bits per heavy atom. The fraction of sp³-hybridized carbons (Fsp3) is 0.105. The van der Waals surface area contributed by atoms with Crippen molar-refractivity contribution in [2.75, 3.05) is 6.26 Å². The lowest BCUT2D eigenvalue weighted by Crippen LogP contribution is -2.15. The molecule has 0 saturated carbocycles. The summed E-state index contributed by atoms with van der Waals surface area (Å²) in [5.41, 5.74) is 0.507. The monoisotopic (exact) mass is 385 g/mol. The van der Waals surface area contributed by atoms with Crippen LogP contribution >= 0.6 is 11.8 Å². The van der Waals surface area contributed by atoms with Crippen molar-refractivity contribution in [1.29, 1.82) is 5.26 Å². The minimum absolute atomic E-state index is 0.141. The van der Waals surface area contributed by atoms with E-state index in [1.165, 1.54) is 17.8 Å². The molecule has 3 rings (SSSR count). The van der Waals surface area contributed by atoms with Crippen molar-refractivity contribution in [2.45, 2.75) is 11.8 Å². The van der Waals surface area contributed by atoms with Crippen LogP contribution in [0.2, 0.25) is 0 Å². The number of benzene rings is 2. The van der Waals surface area contributed by atoms with Gasteiger partial charge in [-0.25, -0.2) is 13.8 Å². The standard InChI is InChI=1S/C19H13F2N3O2S/c1-27-19-23-16(13(9-22)18(25)24-19)12-6-3-2-5-11(12)10-26-17-14(20)7-4-8-15(17)21/h2-8H,10H2,1H3,(H,23,24,25). The Kier molecular flexibility index (Phi) is 5.52. The first-order valence-electron chi connectivity index (χ1n) is 7.78. The van der Waals surface area contributed by atoms with Gasteiger partial charge in [0.15, 0.2) is 22.5 Å². The summed E-state index contributed by atoms with van der Waals surface area (Å²) in [7, 11) is 0. The number of hydrogen-bond donors (Lipinski definition) is 1. The summed E-state index contributed by atoms with van der Waals surface area (Å²) in [6, 6.07) is 12.1. The number of hydrogen-bond acceptors (Lipinski definition) is 5. The highest BCUT2D eigenvalue weighted by molar-refractivity contribution is 7.98. The number of H-pyrrole nitrogens is 1. The average molecular weight is 385 g/mol. The lowest BCUT2D eigenvalue weighted by molar-refractivity contribution is 0.274. The molecule has 0 radical (unpaired) electrons. The molecule has 1 heterocycles. The number of thioether (sulfide) groups is 1. The van der Waals surface area contributed by atoms with Crippen molar-refractivity contribution < 1.29 is 13.5 Å². The molecule has 0 atom stereocenters. The SMILES string of the molecule is CSc1nc(-c2ccccc2COc2c(F)cccc2F)c(C#N)c(=O)[nH]1. The molecule has 1 aromatic heterocycles. The molecule has 0 unspecified atom stereocenters. The molecule has 8 heteroatoms. The van der Waals surface area contributed by atoms with Gasteiger partial charge >= 0.3 is 0 Å². The lowest BCUT2D eigenvalue weighted by Gasteiger charge is -2.13. The van der Waals surface area contributed by atoms with E-state index in [0.29, 0.717) is 16.3 Å². The van der Waals surface area contributed by atoms with E-state index in [9.17, 15) is 18.8 Å². The smallest absolute Gasteiger partial charge is 0.270 e. The molecule has 1 N–H and O–H groups in total. The normalized spacial score (nSPS) is 10.4. The van der Waals surface area contributed by atoms with E-state index >= 15 is 0 Å². The van der Waals surface area contributed by atoms with Gasteiger partial charge in [-0.1, -0.05) is 42.1 Å². The van der Waals surface area contributed by atoms with Crippen LogP contribution in [-0.2, 0) is 6.61 Å². The van der Waals surface area contributed by atoms with Crippen LogP contribution in [0.15, 0.2) is 52.4 Å². The summed E-state index contributed by atoms with van der Waals surface area (Å²) >= 11 is 1.22. The zero-order valence-electron chi connectivity index (χ0n) is 14.1. The number of nitriles is 1. The summed E-state index contributed by atoms with van der Waals surface area (Å²) in [5.74, 6) is -2.12. The third kappa shape index (κ3) is 3.83. The Labute approximate surface area is 157 Å². The Balaban J connectivity index is 2.04. The Hall–Kier alpha value is -3.18. The lowest BCUT2D eigenvalue weighted by atomic mass is 10.0. The first-order valence-corrected chi connectivity index (χ1v) is 9.01. The summed E-state index contributed by atoms with van der Waals surface area (Å²) in [6.07, 6.45) is 1.74. The Morgan fingerprint density at radius 3 is 2.56 bits per heavy atom. The molecule has 0 aliphatic carbocycles. The highest BCUT2D eigenvalue weighted by Crippen LogP contribution is 2.27. The predicted molar refractivity (Wildman–Crippen MR) is 97.5 cm³/mol. The third-order valence-corrected chi connectivity index (χ3v) is 4.35. The van der Waals surface area contributed by atoms with E-state index in [2.05, 4.69) is 9.97 Å². The molecule has 136 valence electrons. The van der Waals surface area contributed by atoms with Gasteiger partial charge in [0.1, 0.15) is 18.2 Å². The number of nitrogens with one attached hydrogen (secondary N) is 1. The van der Waals surface area contributed by atoms with E-state index in [4.69, 9.17) is 4.74 Å². The van der Waals surface area contributed by atoms with Crippen LogP contribution in [0.1, 0.15) is 11.1 Å². The molecule has 0 amide bonds. The summed E-state index contributed by atoms with van der Waals surface area (Å²) in [4.78, 5) is 19.0. The summed E-state index contributed by atoms with van der Waals surface area (Å²) < 4.78 is 32.9. The molecule has 3 aromatic rings. The maximum Gasteiger partial charge on any atom is 0.270 e. The van der Waals surface area contributed by atoms with Crippen LogP contribution in [0.25, 0.3) is 11.3 Å². The van der Waals surface area contributed by atoms with Gasteiger partial charge in [-0.05, 0) is 24.0 Å². The van der Waals surface area contributed by atoms with E-state index in [0.717, 1.165) is 12.1 Å². The van der Waals surface area contributed by atoms with Crippen LogP contribution in [0.3, 0.4) is 0 Å². The Morgan fingerprint density at radius 1 is 1.19 bits per heavy atom. The molecule has 0 aliphatic heterocycles. The maximum atomic E-state index is 13.8. The third-order valence-electron chi connectivity index (χ3n) is 3.77.